The number of ether oxygens (including phenoxy) is 2. The van der Waals surface area contributed by atoms with Crippen LogP contribution in [0.5, 0.6) is 11.5 Å². The van der Waals surface area contributed by atoms with E-state index in [0.29, 0.717) is 43.2 Å². The number of nitrogens with two attached hydrogens (primary N) is 3. The number of nitrogen functional groups attached to an aromatic ring is 1. The van der Waals surface area contributed by atoms with Crippen LogP contribution in [0.1, 0.15) is 48.9 Å². The third-order valence-corrected chi connectivity index (χ3v) is 10.1. The average Bonchev–Trinajstić information content (AvgIpc) is 3.37. The summed E-state index contributed by atoms with van der Waals surface area (Å²) in [5.74, 6) is 0.879. The minimum atomic E-state index is -1.44. The van der Waals surface area contributed by atoms with Crippen molar-refractivity contribution in [1.29, 1.82) is 0 Å². The van der Waals surface area contributed by atoms with Gasteiger partial charge in [0.1, 0.15) is 22.6 Å². The molecule has 4 unspecified atom stereocenters. The van der Waals surface area contributed by atoms with Crippen LogP contribution >= 0.6 is 11.8 Å². The smallest absolute Gasteiger partial charge is 0.410 e. The van der Waals surface area contributed by atoms with E-state index in [1.165, 1.54) is 0 Å². The lowest BCUT2D eigenvalue weighted by molar-refractivity contribution is -0.126. The molecule has 1 aliphatic carbocycles. The van der Waals surface area contributed by atoms with E-state index in [0.717, 1.165) is 27.3 Å². The number of carbonyl (C=O) groups is 2. The lowest BCUT2D eigenvalue weighted by Crippen LogP contribution is -2.62. The van der Waals surface area contributed by atoms with E-state index in [1.54, 1.807) is 16.7 Å². The first kappa shape index (κ1) is 29.5. The molecule has 2 aliphatic heterocycles. The van der Waals surface area contributed by atoms with E-state index in [-0.39, 0.29) is 23.2 Å². The van der Waals surface area contributed by atoms with Gasteiger partial charge in [-0.2, -0.15) is 0 Å². The molecule has 3 aromatic carbocycles. The Balaban J connectivity index is 1.30. The molecule has 0 bridgehead atoms. The molecule has 226 valence electrons. The van der Waals surface area contributed by atoms with Crippen LogP contribution in [-0.4, -0.2) is 64.9 Å². The lowest BCUT2D eigenvalue weighted by Gasteiger charge is -2.45. The Morgan fingerprint density at radius 3 is 2.30 bits per heavy atom. The predicted molar refractivity (Wildman–Crippen MR) is 168 cm³/mol. The Morgan fingerprint density at radius 2 is 1.65 bits per heavy atom. The molecule has 43 heavy (non-hydrogen) atoms. The molecule has 2 heterocycles. The van der Waals surface area contributed by atoms with E-state index >= 15 is 0 Å². The molecule has 1 fully saturated rings. The van der Waals surface area contributed by atoms with Gasteiger partial charge in [0.15, 0.2) is 5.78 Å². The zero-order valence-corrected chi connectivity index (χ0v) is 25.8. The summed E-state index contributed by atoms with van der Waals surface area (Å²) in [5, 5.41) is -0.106. The van der Waals surface area contributed by atoms with Crippen molar-refractivity contribution in [2.45, 2.75) is 61.1 Å². The molecule has 6 N–H and O–H groups in total. The van der Waals surface area contributed by atoms with E-state index in [4.69, 9.17) is 26.7 Å². The highest BCUT2D eigenvalue weighted by molar-refractivity contribution is 8.00. The fraction of sp³-hybridized carbons (Fsp3) is 0.394. The number of piperazine rings is 1. The number of hydrogen-bond donors (Lipinski definition) is 3. The highest BCUT2D eigenvalue weighted by Gasteiger charge is 2.56. The number of hydrogen-bond acceptors (Lipinski definition) is 9. The van der Waals surface area contributed by atoms with Gasteiger partial charge < -0.3 is 31.6 Å². The number of Topliss-reactive ketones (excluding diaryl/α,β-unsaturated/α-hetero) is 1. The second-order valence-corrected chi connectivity index (χ2v) is 13.7. The van der Waals surface area contributed by atoms with Crippen LogP contribution in [0.3, 0.4) is 0 Å². The highest BCUT2D eigenvalue weighted by atomic mass is 32.2. The second-order valence-electron chi connectivity index (χ2n) is 12.6. The number of anilines is 1. The van der Waals surface area contributed by atoms with Crippen molar-refractivity contribution >= 4 is 29.3 Å². The quantitative estimate of drug-likeness (QED) is 0.368. The largest absolute Gasteiger partial charge is 0.457 e. The van der Waals surface area contributed by atoms with Crippen molar-refractivity contribution in [3.05, 3.63) is 82.9 Å². The van der Waals surface area contributed by atoms with E-state index in [2.05, 4.69) is 4.90 Å². The number of aryl methyl sites for hydroxylation is 1. The van der Waals surface area contributed by atoms with Crippen molar-refractivity contribution in [2.24, 2.45) is 11.5 Å². The Kier molecular flexibility index (Phi) is 7.45. The summed E-state index contributed by atoms with van der Waals surface area (Å²) in [5.41, 5.74) is 22.4. The van der Waals surface area contributed by atoms with Crippen LogP contribution < -0.4 is 21.9 Å². The van der Waals surface area contributed by atoms with Gasteiger partial charge in [0.05, 0.1) is 11.4 Å². The van der Waals surface area contributed by atoms with Gasteiger partial charge in [-0.15, -0.1) is 11.8 Å². The topological polar surface area (TPSA) is 137 Å². The average molecular weight is 602 g/mol. The number of rotatable bonds is 4. The van der Waals surface area contributed by atoms with Gasteiger partial charge in [-0.1, -0.05) is 30.3 Å². The normalized spacial score (nSPS) is 25.4. The zero-order valence-electron chi connectivity index (χ0n) is 25.0. The number of para-hydroxylation sites is 1. The maximum atomic E-state index is 14.3. The van der Waals surface area contributed by atoms with Crippen LogP contribution in [-0.2, 0) is 15.1 Å². The standard InChI is InChI=1S/C33H39N5O4S/c1-19-18-21(41-20-8-6-5-7-9-20)10-11-22(19)33(36)23-12-13-24(34)28-25(23)26(27(35)29(33)39)30(43-28)37-14-16-38(17-15-37)31(40)42-32(2,3)4/h5-13,18,26-27,30H,14-17,34-36H2,1-4H3. The molecule has 0 saturated carbocycles. The molecule has 0 radical (unpaired) electrons. The fourth-order valence-corrected chi connectivity index (χ4v) is 8.14. The molecule has 3 aromatic rings. The first-order valence-corrected chi connectivity index (χ1v) is 15.5. The van der Waals surface area contributed by atoms with Gasteiger partial charge in [0.2, 0.25) is 0 Å². The molecule has 4 atom stereocenters. The number of carbonyl (C=O) groups excluding carboxylic acids is 2. The van der Waals surface area contributed by atoms with Gasteiger partial charge in [0.25, 0.3) is 0 Å². The van der Waals surface area contributed by atoms with Gasteiger partial charge in [-0.05, 0) is 80.3 Å². The molecule has 1 saturated heterocycles. The highest BCUT2D eigenvalue weighted by Crippen LogP contribution is 2.57. The Labute approximate surface area is 256 Å². The Bertz CT molecular complexity index is 1570. The molecule has 9 nitrogen and oxygen atoms in total. The number of amides is 1. The summed E-state index contributed by atoms with van der Waals surface area (Å²) in [6.07, 6.45) is -0.311. The number of ketones is 1. The third-order valence-electron chi connectivity index (χ3n) is 8.54. The minimum Gasteiger partial charge on any atom is -0.457 e. The Morgan fingerprint density at radius 1 is 0.977 bits per heavy atom. The second kappa shape index (κ2) is 10.9. The molecule has 1 amide bonds. The minimum absolute atomic E-state index is 0.106. The maximum absolute atomic E-state index is 14.3. The SMILES string of the molecule is Cc1cc(Oc2ccccc2)ccc1C1(N)C(=O)C(N)C2c3c1ccc(N)c3SC2N1CCN(C(=O)OC(C)(C)C)CC1. The Hall–Kier alpha value is -3.57. The van der Waals surface area contributed by atoms with Crippen LogP contribution in [0.15, 0.2) is 65.6 Å². The summed E-state index contributed by atoms with van der Waals surface area (Å²) in [6.45, 7) is 9.84. The maximum Gasteiger partial charge on any atom is 0.410 e. The predicted octanol–water partition coefficient (Wildman–Crippen LogP) is 4.55. The van der Waals surface area contributed by atoms with Crippen molar-refractivity contribution in [1.82, 2.24) is 9.80 Å². The molecule has 0 aromatic heterocycles. The summed E-state index contributed by atoms with van der Waals surface area (Å²) < 4.78 is 11.6. The molecular formula is C33H39N5O4S. The zero-order chi connectivity index (χ0) is 30.7. The van der Waals surface area contributed by atoms with Crippen LogP contribution in [0.25, 0.3) is 0 Å². The van der Waals surface area contributed by atoms with Crippen molar-refractivity contribution < 1.29 is 19.1 Å². The molecule has 3 aliphatic rings. The van der Waals surface area contributed by atoms with Crippen molar-refractivity contribution in [3.8, 4) is 11.5 Å². The lowest BCUT2D eigenvalue weighted by atomic mass is 9.65. The first-order chi connectivity index (χ1) is 20.4. The van der Waals surface area contributed by atoms with Gasteiger partial charge >= 0.3 is 6.09 Å². The molecule has 6 rings (SSSR count). The third kappa shape index (κ3) is 5.16. The summed E-state index contributed by atoms with van der Waals surface area (Å²) >= 11 is 1.64. The van der Waals surface area contributed by atoms with Crippen LogP contribution in [0.4, 0.5) is 10.5 Å². The fourth-order valence-electron chi connectivity index (χ4n) is 6.51. The summed E-state index contributed by atoms with van der Waals surface area (Å²) in [7, 11) is 0. The summed E-state index contributed by atoms with van der Waals surface area (Å²) in [6, 6.07) is 18.1. The van der Waals surface area contributed by atoms with Gasteiger partial charge in [-0.25, -0.2) is 4.79 Å². The van der Waals surface area contributed by atoms with Crippen LogP contribution in [0.2, 0.25) is 0 Å². The van der Waals surface area contributed by atoms with Crippen molar-refractivity contribution in [2.75, 3.05) is 31.9 Å². The number of nitrogens with zero attached hydrogens (tertiary/aromatic N) is 2. The van der Waals surface area contributed by atoms with Gasteiger partial charge in [0, 0.05) is 42.7 Å². The summed E-state index contributed by atoms with van der Waals surface area (Å²) in [4.78, 5) is 31.9. The van der Waals surface area contributed by atoms with Gasteiger partial charge in [-0.3, -0.25) is 9.69 Å². The van der Waals surface area contributed by atoms with E-state index < -0.39 is 17.2 Å². The monoisotopic (exact) mass is 601 g/mol. The van der Waals surface area contributed by atoms with E-state index in [9.17, 15) is 9.59 Å². The molecule has 10 heteroatoms. The number of benzene rings is 3. The first-order valence-electron chi connectivity index (χ1n) is 14.6. The van der Waals surface area contributed by atoms with E-state index in [1.807, 2.05) is 88.4 Å². The van der Waals surface area contributed by atoms with Crippen molar-refractivity contribution in [3.63, 3.8) is 0 Å². The number of thioether (sulfide) groups is 1. The molecular weight excluding hydrogens is 562 g/mol. The molecule has 0 spiro atoms. The van der Waals surface area contributed by atoms with Crippen LogP contribution in [0, 0.1) is 6.92 Å².